The Labute approximate surface area is 187 Å². The van der Waals surface area contributed by atoms with Crippen molar-refractivity contribution in [2.24, 2.45) is 0 Å². The first-order valence-corrected chi connectivity index (χ1v) is 10.9. The van der Waals surface area contributed by atoms with E-state index in [1.165, 1.54) is 22.5 Å². The maximum absolute atomic E-state index is 13.4. The van der Waals surface area contributed by atoms with Gasteiger partial charge in [0.2, 0.25) is 5.91 Å². The number of carbonyl (C=O) groups excluding carboxylic acids is 3. The average molecular weight is 446 g/mol. The molecular formula is C24H19N3O4S. The van der Waals surface area contributed by atoms with Crippen molar-refractivity contribution < 1.29 is 18.8 Å². The van der Waals surface area contributed by atoms with Crippen LogP contribution in [0.1, 0.15) is 37.6 Å². The normalized spacial score (nSPS) is 13.1. The van der Waals surface area contributed by atoms with Gasteiger partial charge in [0, 0.05) is 0 Å². The van der Waals surface area contributed by atoms with Crippen LogP contribution >= 0.6 is 11.3 Å². The van der Waals surface area contributed by atoms with Crippen molar-refractivity contribution in [3.63, 3.8) is 0 Å². The molecule has 2 aromatic heterocycles. The number of carbonyl (C=O) groups is 3. The molecule has 0 spiro atoms. The van der Waals surface area contributed by atoms with Crippen molar-refractivity contribution in [2.75, 3.05) is 11.4 Å². The number of furan rings is 1. The fourth-order valence-corrected chi connectivity index (χ4v) is 4.80. The zero-order valence-electron chi connectivity index (χ0n) is 17.5. The fourth-order valence-electron chi connectivity index (χ4n) is 3.75. The lowest BCUT2D eigenvalue weighted by atomic mass is 10.1. The summed E-state index contributed by atoms with van der Waals surface area (Å²) in [5.41, 5.74) is 3.63. The van der Waals surface area contributed by atoms with Gasteiger partial charge >= 0.3 is 0 Å². The highest BCUT2D eigenvalue weighted by Crippen LogP contribution is 2.33. The van der Waals surface area contributed by atoms with Crippen LogP contribution in [0, 0.1) is 13.8 Å². The van der Waals surface area contributed by atoms with Gasteiger partial charge in [-0.3, -0.25) is 24.2 Å². The zero-order valence-corrected chi connectivity index (χ0v) is 18.3. The number of aryl methyl sites for hydroxylation is 2. The lowest BCUT2D eigenvalue weighted by Gasteiger charge is -2.21. The minimum absolute atomic E-state index is 0.146. The molecule has 0 bridgehead atoms. The minimum Gasteiger partial charge on any atom is -0.467 e. The maximum Gasteiger partial charge on any atom is 0.262 e. The van der Waals surface area contributed by atoms with Gasteiger partial charge < -0.3 is 4.42 Å². The van der Waals surface area contributed by atoms with E-state index < -0.39 is 17.7 Å². The summed E-state index contributed by atoms with van der Waals surface area (Å²) in [6.07, 6.45) is 1.54. The van der Waals surface area contributed by atoms with E-state index in [1.54, 1.807) is 36.4 Å². The van der Waals surface area contributed by atoms with E-state index in [1.807, 2.05) is 26.0 Å². The van der Waals surface area contributed by atoms with Crippen LogP contribution in [0.4, 0.5) is 5.13 Å². The Morgan fingerprint density at radius 1 is 1.03 bits per heavy atom. The molecule has 5 rings (SSSR count). The molecule has 0 saturated carbocycles. The smallest absolute Gasteiger partial charge is 0.262 e. The number of rotatable bonds is 5. The number of thiazole rings is 1. The van der Waals surface area contributed by atoms with Crippen molar-refractivity contribution in [1.82, 2.24) is 9.88 Å². The third-order valence-corrected chi connectivity index (χ3v) is 6.71. The summed E-state index contributed by atoms with van der Waals surface area (Å²) in [6.45, 7) is 3.79. The SMILES string of the molecule is Cc1ccc2sc(N(Cc3ccco3)C(=O)CN3C(=O)c4ccccc4C3=O)nc2c1C. The standard InChI is InChI=1S/C24H19N3O4S/c1-14-9-10-19-21(15(14)2)25-24(32-19)26(12-16-6-5-11-31-16)20(28)13-27-22(29)17-7-3-4-8-18(17)23(27)30/h3-11H,12-13H2,1-2H3. The predicted molar refractivity (Wildman–Crippen MR) is 121 cm³/mol. The first kappa shape index (κ1) is 20.1. The second kappa shape index (κ2) is 7.72. The van der Waals surface area contributed by atoms with Gasteiger partial charge in [0.15, 0.2) is 5.13 Å². The molecule has 0 aliphatic carbocycles. The summed E-state index contributed by atoms with van der Waals surface area (Å²) < 4.78 is 6.41. The molecule has 0 N–H and O–H groups in total. The topological polar surface area (TPSA) is 83.7 Å². The van der Waals surface area contributed by atoms with Crippen LogP contribution in [-0.2, 0) is 11.3 Å². The second-order valence-corrected chi connectivity index (χ2v) is 8.66. The van der Waals surface area contributed by atoms with Crippen molar-refractivity contribution in [1.29, 1.82) is 0 Å². The lowest BCUT2D eigenvalue weighted by Crippen LogP contribution is -2.42. The largest absolute Gasteiger partial charge is 0.467 e. The summed E-state index contributed by atoms with van der Waals surface area (Å²) in [5, 5.41) is 0.492. The quantitative estimate of drug-likeness (QED) is 0.427. The number of benzene rings is 2. The van der Waals surface area contributed by atoms with Gasteiger partial charge in [0.1, 0.15) is 12.3 Å². The summed E-state index contributed by atoms with van der Waals surface area (Å²) in [7, 11) is 0. The number of imide groups is 1. The van der Waals surface area contributed by atoms with E-state index in [0.717, 1.165) is 26.2 Å². The number of amides is 3. The van der Waals surface area contributed by atoms with Crippen LogP contribution < -0.4 is 4.90 Å². The van der Waals surface area contributed by atoms with E-state index in [-0.39, 0.29) is 13.1 Å². The van der Waals surface area contributed by atoms with Gasteiger partial charge in [-0.1, -0.05) is 29.5 Å². The van der Waals surface area contributed by atoms with E-state index in [9.17, 15) is 14.4 Å². The number of fused-ring (bicyclic) bond motifs is 2. The van der Waals surface area contributed by atoms with E-state index in [4.69, 9.17) is 9.40 Å². The highest BCUT2D eigenvalue weighted by atomic mass is 32.1. The van der Waals surface area contributed by atoms with Crippen LogP contribution in [0.15, 0.2) is 59.2 Å². The molecule has 0 fully saturated rings. The molecule has 160 valence electrons. The molecule has 1 aliphatic heterocycles. The molecule has 1 aliphatic rings. The van der Waals surface area contributed by atoms with Crippen LogP contribution in [0.3, 0.4) is 0 Å². The number of hydrogen-bond donors (Lipinski definition) is 0. The van der Waals surface area contributed by atoms with Gasteiger partial charge in [0.05, 0.1) is 34.2 Å². The molecular weight excluding hydrogens is 426 g/mol. The lowest BCUT2D eigenvalue weighted by molar-refractivity contribution is -0.119. The van der Waals surface area contributed by atoms with Crippen molar-refractivity contribution in [3.8, 4) is 0 Å². The Bertz CT molecular complexity index is 1340. The third-order valence-electron chi connectivity index (χ3n) is 5.67. The van der Waals surface area contributed by atoms with Gasteiger partial charge in [0.25, 0.3) is 11.8 Å². The fraction of sp³-hybridized carbons (Fsp3) is 0.167. The molecule has 2 aromatic carbocycles. The predicted octanol–water partition coefficient (Wildman–Crippen LogP) is 4.34. The third kappa shape index (κ3) is 3.29. The van der Waals surface area contributed by atoms with Gasteiger partial charge in [-0.15, -0.1) is 0 Å². The molecule has 4 aromatic rings. The van der Waals surface area contributed by atoms with Crippen molar-refractivity contribution >= 4 is 44.4 Å². The number of anilines is 1. The molecule has 3 amide bonds. The monoisotopic (exact) mass is 445 g/mol. The van der Waals surface area contributed by atoms with Gasteiger partial charge in [-0.05, 0) is 55.3 Å². The molecule has 32 heavy (non-hydrogen) atoms. The molecule has 3 heterocycles. The molecule has 0 radical (unpaired) electrons. The molecule has 0 atom stereocenters. The Kier molecular flexibility index (Phi) is 4.86. The number of hydrogen-bond acceptors (Lipinski definition) is 6. The minimum atomic E-state index is -0.465. The Hall–Kier alpha value is -3.78. The number of nitrogens with zero attached hydrogens (tertiary/aromatic N) is 3. The second-order valence-electron chi connectivity index (χ2n) is 7.65. The summed E-state index contributed by atoms with van der Waals surface area (Å²) in [4.78, 5) is 46.1. The van der Waals surface area contributed by atoms with Gasteiger partial charge in [-0.2, -0.15) is 0 Å². The first-order valence-electron chi connectivity index (χ1n) is 10.1. The Morgan fingerprint density at radius 3 is 2.41 bits per heavy atom. The summed E-state index contributed by atoms with van der Waals surface area (Å²) in [5.74, 6) is -0.766. The van der Waals surface area contributed by atoms with Crippen molar-refractivity contribution in [2.45, 2.75) is 20.4 Å². The van der Waals surface area contributed by atoms with E-state index >= 15 is 0 Å². The first-order chi connectivity index (χ1) is 15.4. The van der Waals surface area contributed by atoms with E-state index in [2.05, 4.69) is 0 Å². The summed E-state index contributed by atoms with van der Waals surface area (Å²) >= 11 is 1.39. The summed E-state index contributed by atoms with van der Waals surface area (Å²) in [6, 6.07) is 14.1. The zero-order chi connectivity index (χ0) is 22.4. The molecule has 8 heteroatoms. The van der Waals surface area contributed by atoms with Crippen LogP contribution in [0.2, 0.25) is 0 Å². The molecule has 7 nitrogen and oxygen atoms in total. The van der Waals surface area contributed by atoms with Crippen LogP contribution in [-0.4, -0.2) is 34.2 Å². The maximum atomic E-state index is 13.4. The van der Waals surface area contributed by atoms with Crippen LogP contribution in [0.25, 0.3) is 10.2 Å². The van der Waals surface area contributed by atoms with Crippen LogP contribution in [0.5, 0.6) is 0 Å². The molecule has 0 saturated heterocycles. The average Bonchev–Trinajstić information content (AvgIpc) is 3.51. The highest BCUT2D eigenvalue weighted by molar-refractivity contribution is 7.22. The van der Waals surface area contributed by atoms with Gasteiger partial charge in [-0.25, -0.2) is 4.98 Å². The highest BCUT2D eigenvalue weighted by Gasteiger charge is 2.37. The number of aromatic nitrogens is 1. The molecule has 0 unspecified atom stereocenters. The van der Waals surface area contributed by atoms with E-state index in [0.29, 0.717) is 22.0 Å². The van der Waals surface area contributed by atoms with Crippen molar-refractivity contribution in [3.05, 3.63) is 82.8 Å². The Morgan fingerprint density at radius 2 is 1.75 bits per heavy atom. The Balaban J connectivity index is 1.49.